The maximum Gasteiger partial charge on any atom is 0.418 e. The number of para-hydroxylation sites is 2. The summed E-state index contributed by atoms with van der Waals surface area (Å²) < 4.78 is 45.2. The van der Waals surface area contributed by atoms with Crippen LogP contribution in [0.2, 0.25) is 5.02 Å². The van der Waals surface area contributed by atoms with Crippen molar-refractivity contribution in [3.8, 4) is 17.0 Å². The van der Waals surface area contributed by atoms with Crippen LogP contribution in [0.3, 0.4) is 0 Å². The van der Waals surface area contributed by atoms with E-state index in [2.05, 4.69) is 21.3 Å². The molecule has 57 heavy (non-hydrogen) atoms. The van der Waals surface area contributed by atoms with E-state index in [-0.39, 0.29) is 26.2 Å². The number of hydrogen-bond acceptors (Lipinski definition) is 10. The number of cyclic esters (lactones) is 1. The molecule has 4 aromatic rings. The largest absolute Gasteiger partial charge is 0.491 e. The van der Waals surface area contributed by atoms with Crippen LogP contribution < -0.4 is 14.8 Å². The fourth-order valence-electron chi connectivity index (χ4n) is 6.38. The fraction of sp³-hybridized carbons (Fsp3) is 0.405. The number of rotatable bonds is 23. The van der Waals surface area contributed by atoms with Crippen molar-refractivity contribution >= 4 is 68.2 Å². The van der Waals surface area contributed by atoms with E-state index in [1.807, 2.05) is 6.07 Å². The maximum absolute atomic E-state index is 13.9. The summed E-state index contributed by atoms with van der Waals surface area (Å²) in [6.45, 7) is 3.98. The number of carbonyl (C=O) groups is 4. The third-order valence-electron chi connectivity index (χ3n) is 9.53. The van der Waals surface area contributed by atoms with Gasteiger partial charge in [0.2, 0.25) is 5.78 Å². The van der Waals surface area contributed by atoms with Crippen LogP contribution in [0.4, 0.5) is 16.2 Å². The lowest BCUT2D eigenvalue weighted by atomic mass is 10.1. The first kappa shape index (κ1) is 43.3. The van der Waals surface area contributed by atoms with Crippen molar-refractivity contribution in [2.75, 3.05) is 16.6 Å². The lowest BCUT2D eigenvalue weighted by Crippen LogP contribution is -2.52. The number of amides is 3. The minimum Gasteiger partial charge on any atom is -0.491 e. The normalized spacial score (nSPS) is 14.6. The molecule has 0 bridgehead atoms. The van der Waals surface area contributed by atoms with Gasteiger partial charge < -0.3 is 14.8 Å². The second-order valence-electron chi connectivity index (χ2n) is 13.9. The number of benzene rings is 3. The number of unbranched alkanes of at least 4 members (excludes halogenated alkanes) is 11. The molecule has 1 aliphatic rings. The van der Waals surface area contributed by atoms with Gasteiger partial charge in [0.05, 0.1) is 38.5 Å². The molecule has 15 heteroatoms. The summed E-state index contributed by atoms with van der Waals surface area (Å²) in [5, 5.41) is 2.40. The number of ketones is 1. The number of anilines is 2. The van der Waals surface area contributed by atoms with Crippen molar-refractivity contribution in [2.24, 2.45) is 0 Å². The molecule has 0 spiro atoms. The van der Waals surface area contributed by atoms with Gasteiger partial charge in [0, 0.05) is 5.56 Å². The minimum atomic E-state index is -4.26. The summed E-state index contributed by atoms with van der Waals surface area (Å²) in [5.41, 5.74) is 1.21. The number of carbonyl (C=O) groups excluding carboxylic acids is 4. The third kappa shape index (κ3) is 11.9. The number of aromatic nitrogens is 1. The molecule has 2 N–H and O–H groups in total. The Morgan fingerprint density at radius 2 is 1.49 bits per heavy atom. The Bertz CT molecular complexity index is 2110. The van der Waals surface area contributed by atoms with E-state index in [0.717, 1.165) is 36.9 Å². The first-order chi connectivity index (χ1) is 27.5. The fourth-order valence-corrected chi connectivity index (χ4v) is 8.36. The molecular weight excluding hydrogens is 788 g/mol. The Balaban J connectivity index is 1.22. The van der Waals surface area contributed by atoms with Gasteiger partial charge in [0.15, 0.2) is 12.1 Å². The average molecular weight is 837 g/mol. The van der Waals surface area contributed by atoms with Crippen molar-refractivity contribution in [2.45, 2.75) is 108 Å². The number of sulfonamides is 1. The van der Waals surface area contributed by atoms with Crippen LogP contribution in [0, 0.1) is 0 Å². The molecule has 1 saturated heterocycles. The van der Waals surface area contributed by atoms with Crippen LogP contribution in [-0.2, 0) is 24.3 Å². The second-order valence-corrected chi connectivity index (χ2v) is 16.8. The summed E-state index contributed by atoms with van der Waals surface area (Å²) in [5.74, 6) is -2.54. The van der Waals surface area contributed by atoms with Crippen molar-refractivity contribution in [1.82, 2.24) is 9.27 Å². The zero-order valence-corrected chi connectivity index (χ0v) is 34.6. The predicted molar refractivity (Wildman–Crippen MR) is 222 cm³/mol. The van der Waals surface area contributed by atoms with Gasteiger partial charge in [-0.15, -0.1) is 0 Å². The monoisotopic (exact) mass is 836 g/mol. The molecule has 5 rings (SSSR count). The molecule has 0 aliphatic carbocycles. The average Bonchev–Trinajstić information content (AvgIpc) is 3.79. The number of nitrogens with one attached hydrogen (secondary N) is 2. The number of hydrogen-bond donors (Lipinski definition) is 2. The van der Waals surface area contributed by atoms with Gasteiger partial charge in [-0.05, 0) is 61.3 Å². The minimum absolute atomic E-state index is 0.000434. The first-order valence-corrected chi connectivity index (χ1v) is 22.1. The molecule has 304 valence electrons. The number of Topliss-reactive ketones (excluding diaryl/α,β-unsaturated/α-hetero) is 1. The van der Waals surface area contributed by atoms with Crippen molar-refractivity contribution in [1.29, 1.82) is 0 Å². The summed E-state index contributed by atoms with van der Waals surface area (Å²) in [6, 6.07) is 18.8. The van der Waals surface area contributed by atoms with E-state index in [1.165, 1.54) is 82.9 Å². The molecule has 0 radical (unpaired) electrons. The molecule has 1 aliphatic heterocycles. The van der Waals surface area contributed by atoms with E-state index in [9.17, 15) is 27.6 Å². The molecule has 3 aromatic carbocycles. The predicted octanol–water partition coefficient (Wildman–Crippen LogP) is 9.90. The second kappa shape index (κ2) is 21.1. The van der Waals surface area contributed by atoms with Crippen LogP contribution in [0.5, 0.6) is 5.75 Å². The highest BCUT2D eigenvalue weighted by atomic mass is 35.5. The first-order valence-electron chi connectivity index (χ1n) is 19.4. The molecule has 2 heterocycles. The number of imide groups is 1. The van der Waals surface area contributed by atoms with Gasteiger partial charge >= 0.3 is 6.09 Å². The van der Waals surface area contributed by atoms with Crippen LogP contribution in [0.1, 0.15) is 101 Å². The van der Waals surface area contributed by atoms with Gasteiger partial charge in [0.1, 0.15) is 5.75 Å². The molecule has 12 nitrogen and oxygen atoms in total. The van der Waals surface area contributed by atoms with Gasteiger partial charge in [-0.3, -0.25) is 19.1 Å². The van der Waals surface area contributed by atoms with E-state index in [0.29, 0.717) is 28.5 Å². The summed E-state index contributed by atoms with van der Waals surface area (Å²) >= 11 is 7.22. The Kier molecular flexibility index (Phi) is 16.0. The molecule has 3 amide bonds. The van der Waals surface area contributed by atoms with Crippen LogP contribution in [0.15, 0.2) is 83.8 Å². The van der Waals surface area contributed by atoms with Crippen molar-refractivity contribution < 1.29 is 37.1 Å². The Morgan fingerprint density at radius 1 is 0.860 bits per heavy atom. The summed E-state index contributed by atoms with van der Waals surface area (Å²) in [6.07, 6.45) is 12.1. The van der Waals surface area contributed by atoms with Gasteiger partial charge in [-0.25, -0.2) is 18.1 Å². The standard InChI is InChI=1S/C42H49ClN4O8S2/c1-3-4-5-6-7-8-9-10-11-12-13-19-26-54-36-23-18-17-22-33(36)46-57(52,53)31-24-25-32(43)35(27-31)44-40(49)38(47-41(50)29(2)55-42(47)51)39(48)37-28-34(45-56-37)30-20-15-14-16-21-30/h14-18,20-25,27-29,38,46H,3-13,19,26H2,1-2H3,(H,44,49). The third-order valence-corrected chi connectivity index (χ3v) is 12.0. The molecule has 2 unspecified atom stereocenters. The van der Waals surface area contributed by atoms with E-state index < -0.39 is 45.9 Å². The molecule has 1 aromatic heterocycles. The lowest BCUT2D eigenvalue weighted by Gasteiger charge is -2.22. The lowest BCUT2D eigenvalue weighted by molar-refractivity contribution is -0.133. The Labute approximate surface area is 343 Å². The highest BCUT2D eigenvalue weighted by Gasteiger charge is 2.49. The SMILES string of the molecule is CCCCCCCCCCCCCCOc1ccccc1NS(=O)(=O)c1ccc(Cl)c(NC(=O)C(C(=O)c2cc(-c3ccccc3)ns2)N2C(=O)OC(C)C2=O)c1. The molecule has 2 atom stereocenters. The zero-order chi connectivity index (χ0) is 40.8. The smallest absolute Gasteiger partial charge is 0.418 e. The van der Waals surface area contributed by atoms with Gasteiger partial charge in [0.25, 0.3) is 21.8 Å². The molecule has 1 fully saturated rings. The summed E-state index contributed by atoms with van der Waals surface area (Å²) in [4.78, 5) is 53.9. The molecule has 0 saturated carbocycles. The topological polar surface area (TPSA) is 161 Å². The molecular formula is C42H49ClN4O8S2. The maximum atomic E-state index is 13.9. The van der Waals surface area contributed by atoms with E-state index in [4.69, 9.17) is 21.1 Å². The van der Waals surface area contributed by atoms with Crippen LogP contribution in [-0.4, -0.2) is 60.1 Å². The van der Waals surface area contributed by atoms with Crippen molar-refractivity contribution in [3.63, 3.8) is 0 Å². The van der Waals surface area contributed by atoms with E-state index >= 15 is 0 Å². The van der Waals surface area contributed by atoms with Gasteiger partial charge in [-0.1, -0.05) is 132 Å². The Hall–Kier alpha value is -4.79. The Morgan fingerprint density at radius 3 is 2.14 bits per heavy atom. The summed E-state index contributed by atoms with van der Waals surface area (Å²) in [7, 11) is -4.26. The quantitative estimate of drug-likeness (QED) is 0.0421. The zero-order valence-electron chi connectivity index (χ0n) is 32.2. The number of ether oxygens (including phenoxy) is 2. The van der Waals surface area contributed by atoms with Gasteiger partial charge in [-0.2, -0.15) is 4.37 Å². The highest BCUT2D eigenvalue weighted by molar-refractivity contribution is 7.92. The van der Waals surface area contributed by atoms with Crippen LogP contribution in [0.25, 0.3) is 11.3 Å². The number of nitrogens with zero attached hydrogens (tertiary/aromatic N) is 2. The van der Waals surface area contributed by atoms with Crippen LogP contribution >= 0.6 is 23.1 Å². The highest BCUT2D eigenvalue weighted by Crippen LogP contribution is 2.32. The van der Waals surface area contributed by atoms with Crippen molar-refractivity contribution in [3.05, 3.63) is 88.8 Å². The number of halogens is 1. The van der Waals surface area contributed by atoms with E-state index in [1.54, 1.807) is 48.5 Å².